The number of ether oxygens (including phenoxy) is 1. The van der Waals surface area contributed by atoms with E-state index in [2.05, 4.69) is 25.2 Å². The van der Waals surface area contributed by atoms with Crippen molar-refractivity contribution in [2.24, 2.45) is 0 Å². The van der Waals surface area contributed by atoms with E-state index >= 15 is 0 Å². The summed E-state index contributed by atoms with van der Waals surface area (Å²) in [6.45, 7) is 2.69. The fourth-order valence-electron chi connectivity index (χ4n) is 4.43. The molecule has 3 aromatic rings. The lowest BCUT2D eigenvalue weighted by Gasteiger charge is -2.22. The van der Waals surface area contributed by atoms with Crippen LogP contribution in [0, 0.1) is 0 Å². The summed E-state index contributed by atoms with van der Waals surface area (Å²) in [5.74, 6) is 2.58. The van der Waals surface area contributed by atoms with E-state index in [0.717, 1.165) is 74.4 Å². The largest absolute Gasteiger partial charge is 0.381 e. The molecule has 0 bridgehead atoms. The van der Waals surface area contributed by atoms with E-state index in [-0.39, 0.29) is 18.5 Å². The third kappa shape index (κ3) is 3.89. The zero-order chi connectivity index (χ0) is 19.6. The van der Waals surface area contributed by atoms with E-state index in [1.54, 1.807) is 4.68 Å². The van der Waals surface area contributed by atoms with Crippen LogP contribution in [0.15, 0.2) is 30.5 Å². The normalized spacial score (nSPS) is 20.3. The van der Waals surface area contributed by atoms with Gasteiger partial charge in [0, 0.05) is 49.7 Å². The molecule has 4 heterocycles. The second kappa shape index (κ2) is 7.94. The standard InChI is InChI=1S/C21H26N6O2/c28-20(14-26-13-16-3-1-2-4-18(16)25-26)22-17-5-6-19-23-24-21(27(19)10-7-17)15-8-11-29-12-9-15/h1-4,13,15,17H,5-12,14H2,(H,22,28). The van der Waals surface area contributed by atoms with Crippen molar-refractivity contribution < 1.29 is 9.53 Å². The molecule has 1 atom stereocenters. The first-order valence-electron chi connectivity index (χ1n) is 10.5. The van der Waals surface area contributed by atoms with Gasteiger partial charge in [-0.1, -0.05) is 18.2 Å². The average molecular weight is 394 g/mol. The van der Waals surface area contributed by atoms with Crippen molar-refractivity contribution in [1.29, 1.82) is 0 Å². The number of hydrogen-bond donors (Lipinski definition) is 1. The van der Waals surface area contributed by atoms with E-state index in [4.69, 9.17) is 4.74 Å². The van der Waals surface area contributed by atoms with Crippen LogP contribution in [0.4, 0.5) is 0 Å². The lowest BCUT2D eigenvalue weighted by molar-refractivity contribution is -0.122. The van der Waals surface area contributed by atoms with Gasteiger partial charge in [0.15, 0.2) is 0 Å². The molecule has 152 valence electrons. The molecule has 1 fully saturated rings. The van der Waals surface area contributed by atoms with Crippen LogP contribution < -0.4 is 5.32 Å². The second-order valence-corrected chi connectivity index (χ2v) is 7.99. The Morgan fingerprint density at radius 1 is 1.14 bits per heavy atom. The van der Waals surface area contributed by atoms with Crippen LogP contribution in [0.2, 0.25) is 0 Å². The quantitative estimate of drug-likeness (QED) is 0.732. The summed E-state index contributed by atoms with van der Waals surface area (Å²) in [6, 6.07) is 8.05. The van der Waals surface area contributed by atoms with E-state index in [9.17, 15) is 4.79 Å². The molecule has 0 saturated carbocycles. The summed E-state index contributed by atoms with van der Waals surface area (Å²) < 4.78 is 9.48. The van der Waals surface area contributed by atoms with Crippen LogP contribution in [0.25, 0.3) is 10.9 Å². The Bertz CT molecular complexity index is 971. The van der Waals surface area contributed by atoms with Crippen molar-refractivity contribution in [1.82, 2.24) is 29.9 Å². The summed E-state index contributed by atoms with van der Waals surface area (Å²) in [6.07, 6.45) is 6.57. The van der Waals surface area contributed by atoms with Gasteiger partial charge in [0.1, 0.15) is 18.2 Å². The minimum Gasteiger partial charge on any atom is -0.381 e. The van der Waals surface area contributed by atoms with Crippen LogP contribution in [-0.2, 0) is 29.0 Å². The number of carbonyl (C=O) groups is 1. The highest BCUT2D eigenvalue weighted by Crippen LogP contribution is 2.27. The van der Waals surface area contributed by atoms with Gasteiger partial charge < -0.3 is 14.6 Å². The Hall–Kier alpha value is -2.74. The Kier molecular flexibility index (Phi) is 5.01. The number of nitrogens with one attached hydrogen (secondary N) is 1. The zero-order valence-corrected chi connectivity index (χ0v) is 16.5. The number of aryl methyl sites for hydroxylation is 1. The summed E-state index contributed by atoms with van der Waals surface area (Å²) in [5.41, 5.74) is 0.910. The van der Waals surface area contributed by atoms with Crippen molar-refractivity contribution in [3.8, 4) is 0 Å². The predicted octanol–water partition coefficient (Wildman–Crippen LogP) is 2.04. The Morgan fingerprint density at radius 3 is 2.86 bits per heavy atom. The molecule has 5 rings (SSSR count). The number of nitrogens with zero attached hydrogens (tertiary/aromatic N) is 5. The first kappa shape index (κ1) is 18.3. The van der Waals surface area contributed by atoms with Crippen molar-refractivity contribution in [3.63, 3.8) is 0 Å². The molecule has 2 aromatic heterocycles. The molecule has 1 amide bonds. The monoisotopic (exact) mass is 394 g/mol. The molecule has 29 heavy (non-hydrogen) atoms. The minimum atomic E-state index is 0.00474. The molecule has 1 unspecified atom stereocenters. The maximum Gasteiger partial charge on any atom is 0.241 e. The number of amides is 1. The third-order valence-electron chi connectivity index (χ3n) is 5.99. The molecule has 1 N–H and O–H groups in total. The van der Waals surface area contributed by atoms with E-state index < -0.39 is 0 Å². The highest BCUT2D eigenvalue weighted by Gasteiger charge is 2.26. The molecule has 8 nitrogen and oxygen atoms in total. The fourth-order valence-corrected chi connectivity index (χ4v) is 4.43. The third-order valence-corrected chi connectivity index (χ3v) is 5.99. The fraction of sp³-hybridized carbons (Fsp3) is 0.524. The Morgan fingerprint density at radius 2 is 2.00 bits per heavy atom. The maximum atomic E-state index is 12.6. The van der Waals surface area contributed by atoms with Crippen LogP contribution >= 0.6 is 0 Å². The van der Waals surface area contributed by atoms with Crippen molar-refractivity contribution >= 4 is 16.8 Å². The van der Waals surface area contributed by atoms with Crippen LogP contribution in [-0.4, -0.2) is 49.7 Å². The number of fused-ring (bicyclic) bond motifs is 2. The van der Waals surface area contributed by atoms with Gasteiger partial charge >= 0.3 is 0 Å². The number of aromatic nitrogens is 5. The van der Waals surface area contributed by atoms with Gasteiger partial charge in [0.2, 0.25) is 5.91 Å². The molecule has 8 heteroatoms. The van der Waals surface area contributed by atoms with Gasteiger partial charge in [-0.3, -0.25) is 9.48 Å². The zero-order valence-electron chi connectivity index (χ0n) is 16.5. The van der Waals surface area contributed by atoms with Crippen LogP contribution in [0.3, 0.4) is 0 Å². The van der Waals surface area contributed by atoms with Gasteiger partial charge in [-0.15, -0.1) is 10.2 Å². The average Bonchev–Trinajstić information content (AvgIpc) is 3.28. The van der Waals surface area contributed by atoms with Gasteiger partial charge in [-0.05, 0) is 31.7 Å². The van der Waals surface area contributed by atoms with E-state index in [1.165, 1.54) is 0 Å². The first-order chi connectivity index (χ1) is 14.3. The molecule has 0 spiro atoms. The summed E-state index contributed by atoms with van der Waals surface area (Å²) in [4.78, 5) is 12.6. The molecular weight excluding hydrogens is 368 g/mol. The lowest BCUT2D eigenvalue weighted by atomic mass is 9.99. The molecule has 1 saturated heterocycles. The molecule has 0 radical (unpaired) electrons. The van der Waals surface area contributed by atoms with E-state index in [0.29, 0.717) is 5.92 Å². The predicted molar refractivity (Wildman–Crippen MR) is 107 cm³/mol. The number of hydrogen-bond acceptors (Lipinski definition) is 5. The number of rotatable bonds is 4. The Labute approximate surface area is 169 Å². The van der Waals surface area contributed by atoms with Crippen LogP contribution in [0.5, 0.6) is 0 Å². The summed E-state index contributed by atoms with van der Waals surface area (Å²) >= 11 is 0. The summed E-state index contributed by atoms with van der Waals surface area (Å²) in [7, 11) is 0. The smallest absolute Gasteiger partial charge is 0.241 e. The van der Waals surface area contributed by atoms with Gasteiger partial charge in [-0.2, -0.15) is 5.10 Å². The van der Waals surface area contributed by atoms with Gasteiger partial charge in [0.05, 0.1) is 5.52 Å². The number of carbonyl (C=O) groups excluding carboxylic acids is 1. The Balaban J connectivity index is 1.20. The topological polar surface area (TPSA) is 86.9 Å². The first-order valence-corrected chi connectivity index (χ1v) is 10.5. The number of benzene rings is 1. The second-order valence-electron chi connectivity index (χ2n) is 7.99. The van der Waals surface area contributed by atoms with Crippen molar-refractivity contribution in [2.45, 2.75) is 57.2 Å². The van der Waals surface area contributed by atoms with Crippen LogP contribution in [0.1, 0.15) is 43.3 Å². The van der Waals surface area contributed by atoms with Gasteiger partial charge in [-0.25, -0.2) is 0 Å². The highest BCUT2D eigenvalue weighted by molar-refractivity contribution is 5.79. The van der Waals surface area contributed by atoms with E-state index in [1.807, 2.05) is 30.5 Å². The molecule has 1 aromatic carbocycles. The maximum absolute atomic E-state index is 12.6. The molecular formula is C21H26N6O2. The van der Waals surface area contributed by atoms with Crippen molar-refractivity contribution in [2.75, 3.05) is 13.2 Å². The molecule has 2 aliphatic rings. The highest BCUT2D eigenvalue weighted by atomic mass is 16.5. The molecule has 2 aliphatic heterocycles. The lowest BCUT2D eigenvalue weighted by Crippen LogP contribution is -2.37. The minimum absolute atomic E-state index is 0.00474. The SMILES string of the molecule is O=C(Cn1cc2ccccc2n1)NC1CCc2nnc(C3CCOCC3)n2CC1. The van der Waals surface area contributed by atoms with Crippen molar-refractivity contribution in [3.05, 3.63) is 42.1 Å². The molecule has 0 aliphatic carbocycles. The van der Waals surface area contributed by atoms with Gasteiger partial charge in [0.25, 0.3) is 0 Å². The summed E-state index contributed by atoms with van der Waals surface area (Å²) in [5, 5.41) is 17.6.